The fourth-order valence-electron chi connectivity index (χ4n) is 2.24. The molecule has 0 aliphatic heterocycles. The van der Waals surface area contributed by atoms with Crippen LogP contribution in [0.3, 0.4) is 0 Å². The standard InChI is InChI=1S/C20H26N2O2/c1-15(2)19(21)20(23)22-13-12-16-8-10-18(11-9-16)24-14-17-6-4-3-5-7-17/h3-11,15,19H,12-14,21H2,1-2H3,(H,22,23)/t19-/m1/s1. The van der Waals surface area contributed by atoms with Gasteiger partial charge in [-0.15, -0.1) is 0 Å². The van der Waals surface area contributed by atoms with Gasteiger partial charge in [0.1, 0.15) is 12.4 Å². The maximum Gasteiger partial charge on any atom is 0.237 e. The third-order valence-corrected chi connectivity index (χ3v) is 3.91. The summed E-state index contributed by atoms with van der Waals surface area (Å²) in [6.07, 6.45) is 0.773. The van der Waals surface area contributed by atoms with Gasteiger partial charge >= 0.3 is 0 Å². The van der Waals surface area contributed by atoms with Crippen molar-refractivity contribution in [1.29, 1.82) is 0 Å². The van der Waals surface area contributed by atoms with Crippen molar-refractivity contribution in [2.24, 2.45) is 11.7 Å². The van der Waals surface area contributed by atoms with Crippen LogP contribution in [0.5, 0.6) is 5.75 Å². The van der Waals surface area contributed by atoms with Gasteiger partial charge in [0.05, 0.1) is 6.04 Å². The first kappa shape index (κ1) is 18.0. The van der Waals surface area contributed by atoms with Crippen LogP contribution < -0.4 is 15.8 Å². The molecule has 0 aliphatic carbocycles. The Morgan fingerprint density at radius 1 is 1.04 bits per heavy atom. The van der Waals surface area contributed by atoms with E-state index >= 15 is 0 Å². The second kappa shape index (κ2) is 9.08. The molecular weight excluding hydrogens is 300 g/mol. The number of benzene rings is 2. The lowest BCUT2D eigenvalue weighted by Gasteiger charge is -2.15. The first-order valence-corrected chi connectivity index (χ1v) is 8.35. The summed E-state index contributed by atoms with van der Waals surface area (Å²) in [4.78, 5) is 11.8. The van der Waals surface area contributed by atoms with Crippen LogP contribution in [-0.4, -0.2) is 18.5 Å². The van der Waals surface area contributed by atoms with Crippen molar-refractivity contribution >= 4 is 5.91 Å². The summed E-state index contributed by atoms with van der Waals surface area (Å²) >= 11 is 0. The van der Waals surface area contributed by atoms with Crippen molar-refractivity contribution < 1.29 is 9.53 Å². The molecule has 0 saturated carbocycles. The molecule has 0 aliphatic rings. The molecule has 4 nitrogen and oxygen atoms in total. The SMILES string of the molecule is CC(C)[C@@H](N)C(=O)NCCc1ccc(OCc2ccccc2)cc1. The fourth-order valence-corrected chi connectivity index (χ4v) is 2.24. The maximum atomic E-state index is 11.8. The van der Waals surface area contributed by atoms with E-state index in [1.165, 1.54) is 0 Å². The Balaban J connectivity index is 1.75. The minimum atomic E-state index is -0.446. The number of nitrogens with two attached hydrogens (primary N) is 1. The Labute approximate surface area is 144 Å². The van der Waals surface area contributed by atoms with Gasteiger partial charge in [-0.2, -0.15) is 0 Å². The van der Waals surface area contributed by atoms with Crippen LogP contribution in [0.2, 0.25) is 0 Å². The summed E-state index contributed by atoms with van der Waals surface area (Å²) in [7, 11) is 0. The average Bonchev–Trinajstić information content (AvgIpc) is 2.61. The molecule has 4 heteroatoms. The van der Waals surface area contributed by atoms with E-state index in [4.69, 9.17) is 10.5 Å². The van der Waals surface area contributed by atoms with Crippen molar-refractivity contribution in [3.63, 3.8) is 0 Å². The maximum absolute atomic E-state index is 11.8. The normalized spacial score (nSPS) is 12.0. The number of carbonyl (C=O) groups excluding carboxylic acids is 1. The highest BCUT2D eigenvalue weighted by Gasteiger charge is 2.16. The predicted molar refractivity (Wildman–Crippen MR) is 96.7 cm³/mol. The van der Waals surface area contributed by atoms with Gasteiger partial charge in [-0.25, -0.2) is 0 Å². The molecule has 1 amide bonds. The Hall–Kier alpha value is -2.33. The summed E-state index contributed by atoms with van der Waals surface area (Å²) in [6, 6.07) is 17.6. The van der Waals surface area contributed by atoms with Crippen LogP contribution >= 0.6 is 0 Å². The largest absolute Gasteiger partial charge is 0.489 e. The van der Waals surface area contributed by atoms with Gasteiger partial charge < -0.3 is 15.8 Å². The fraction of sp³-hybridized carbons (Fsp3) is 0.350. The molecule has 0 radical (unpaired) electrons. The minimum Gasteiger partial charge on any atom is -0.489 e. The van der Waals surface area contributed by atoms with E-state index < -0.39 is 6.04 Å². The van der Waals surface area contributed by atoms with Gasteiger partial charge in [0.15, 0.2) is 0 Å². The zero-order valence-corrected chi connectivity index (χ0v) is 14.4. The first-order chi connectivity index (χ1) is 11.6. The Morgan fingerprint density at radius 2 is 1.71 bits per heavy atom. The highest BCUT2D eigenvalue weighted by Crippen LogP contribution is 2.14. The molecule has 0 aromatic heterocycles. The van der Waals surface area contributed by atoms with Crippen molar-refractivity contribution in [2.75, 3.05) is 6.54 Å². The van der Waals surface area contributed by atoms with E-state index in [1.807, 2.05) is 68.4 Å². The molecule has 128 valence electrons. The number of rotatable bonds is 8. The highest BCUT2D eigenvalue weighted by atomic mass is 16.5. The second-order valence-corrected chi connectivity index (χ2v) is 6.23. The van der Waals surface area contributed by atoms with Crippen LogP contribution in [0.25, 0.3) is 0 Å². The zero-order chi connectivity index (χ0) is 17.4. The first-order valence-electron chi connectivity index (χ1n) is 8.35. The Bertz CT molecular complexity index is 624. The molecule has 3 N–H and O–H groups in total. The summed E-state index contributed by atoms with van der Waals surface area (Å²) < 4.78 is 5.76. The lowest BCUT2D eigenvalue weighted by atomic mass is 10.0. The van der Waals surface area contributed by atoms with E-state index in [1.54, 1.807) is 0 Å². The number of hydrogen-bond acceptors (Lipinski definition) is 3. The molecule has 0 fully saturated rings. The van der Waals surface area contributed by atoms with E-state index in [0.29, 0.717) is 13.2 Å². The lowest BCUT2D eigenvalue weighted by Crippen LogP contribution is -2.44. The lowest BCUT2D eigenvalue weighted by molar-refractivity contribution is -0.123. The molecule has 24 heavy (non-hydrogen) atoms. The van der Waals surface area contributed by atoms with Crippen molar-refractivity contribution in [1.82, 2.24) is 5.32 Å². The van der Waals surface area contributed by atoms with Gasteiger partial charge in [-0.05, 0) is 35.6 Å². The molecule has 0 saturated heterocycles. The molecule has 0 heterocycles. The molecule has 2 rings (SSSR count). The zero-order valence-electron chi connectivity index (χ0n) is 14.4. The van der Waals surface area contributed by atoms with E-state index in [2.05, 4.69) is 5.32 Å². The van der Waals surface area contributed by atoms with Gasteiger partial charge in [0.2, 0.25) is 5.91 Å². The molecular formula is C20H26N2O2. The van der Waals surface area contributed by atoms with Crippen molar-refractivity contribution in [3.05, 3.63) is 65.7 Å². The predicted octanol–water partition coefficient (Wildman–Crippen LogP) is 2.91. The second-order valence-electron chi connectivity index (χ2n) is 6.23. The number of amides is 1. The van der Waals surface area contributed by atoms with E-state index in [-0.39, 0.29) is 11.8 Å². The van der Waals surface area contributed by atoms with E-state index in [0.717, 1.165) is 23.3 Å². The number of hydrogen-bond donors (Lipinski definition) is 2. The third-order valence-electron chi connectivity index (χ3n) is 3.91. The topological polar surface area (TPSA) is 64.4 Å². The molecule has 0 bridgehead atoms. The van der Waals surface area contributed by atoms with Gasteiger partial charge in [0, 0.05) is 6.54 Å². The monoisotopic (exact) mass is 326 g/mol. The Morgan fingerprint density at radius 3 is 2.33 bits per heavy atom. The quantitative estimate of drug-likeness (QED) is 0.784. The summed E-state index contributed by atoms with van der Waals surface area (Å²) in [5.74, 6) is 0.896. The van der Waals surface area contributed by atoms with Gasteiger partial charge in [-0.3, -0.25) is 4.79 Å². The van der Waals surface area contributed by atoms with Gasteiger partial charge in [-0.1, -0.05) is 56.3 Å². The van der Waals surface area contributed by atoms with Crippen molar-refractivity contribution in [2.45, 2.75) is 32.9 Å². The van der Waals surface area contributed by atoms with Crippen LogP contribution in [0, 0.1) is 5.92 Å². The van der Waals surface area contributed by atoms with Crippen LogP contribution in [-0.2, 0) is 17.8 Å². The van der Waals surface area contributed by atoms with E-state index in [9.17, 15) is 4.79 Å². The molecule has 2 aromatic rings. The third kappa shape index (κ3) is 5.70. The summed E-state index contributed by atoms with van der Waals surface area (Å²) in [5.41, 5.74) is 8.11. The van der Waals surface area contributed by atoms with Crippen LogP contribution in [0.1, 0.15) is 25.0 Å². The van der Waals surface area contributed by atoms with Gasteiger partial charge in [0.25, 0.3) is 0 Å². The smallest absolute Gasteiger partial charge is 0.237 e. The molecule has 2 aromatic carbocycles. The molecule has 1 atom stereocenters. The Kier molecular flexibility index (Phi) is 6.82. The average molecular weight is 326 g/mol. The summed E-state index contributed by atoms with van der Waals surface area (Å²) in [6.45, 7) is 5.03. The highest BCUT2D eigenvalue weighted by molar-refractivity contribution is 5.81. The number of carbonyl (C=O) groups is 1. The number of ether oxygens (including phenoxy) is 1. The van der Waals surface area contributed by atoms with Crippen LogP contribution in [0.15, 0.2) is 54.6 Å². The van der Waals surface area contributed by atoms with Crippen molar-refractivity contribution in [3.8, 4) is 5.75 Å². The molecule has 0 spiro atoms. The number of nitrogens with one attached hydrogen (secondary N) is 1. The van der Waals surface area contributed by atoms with Crippen LogP contribution in [0.4, 0.5) is 0 Å². The molecule has 0 unspecified atom stereocenters. The minimum absolute atomic E-state index is 0.0900. The summed E-state index contributed by atoms with van der Waals surface area (Å²) in [5, 5.41) is 2.88.